The molecule has 0 heterocycles. The molecule has 0 aromatic heterocycles. The summed E-state index contributed by atoms with van der Waals surface area (Å²) in [6, 6.07) is 12.7. The summed E-state index contributed by atoms with van der Waals surface area (Å²) in [4.78, 5) is 12.0. The highest BCUT2D eigenvalue weighted by Crippen LogP contribution is 2.20. The van der Waals surface area contributed by atoms with Crippen molar-refractivity contribution in [3.05, 3.63) is 58.1 Å². The standard InChI is InChI=1S/C17H16ClN3O/c1-11-4-3-5-16(12(11)2)20-10-17(22)21-14-7-6-13(9-19)15(18)8-14/h3-8,20H,10H2,1-2H3,(H,21,22). The van der Waals surface area contributed by atoms with E-state index in [1.165, 1.54) is 5.56 Å². The van der Waals surface area contributed by atoms with E-state index in [0.717, 1.165) is 11.3 Å². The van der Waals surface area contributed by atoms with Gasteiger partial charge in [-0.05, 0) is 49.2 Å². The third kappa shape index (κ3) is 3.78. The molecule has 2 aromatic carbocycles. The maximum atomic E-state index is 12.0. The zero-order valence-corrected chi connectivity index (χ0v) is 13.2. The molecule has 0 saturated heterocycles. The highest BCUT2D eigenvalue weighted by atomic mass is 35.5. The number of halogens is 1. The second kappa shape index (κ2) is 6.97. The normalized spacial score (nSPS) is 9.91. The molecule has 5 heteroatoms. The van der Waals surface area contributed by atoms with Crippen molar-refractivity contribution < 1.29 is 4.79 Å². The van der Waals surface area contributed by atoms with E-state index < -0.39 is 0 Å². The van der Waals surface area contributed by atoms with Crippen LogP contribution >= 0.6 is 11.6 Å². The third-order valence-corrected chi connectivity index (χ3v) is 3.73. The van der Waals surface area contributed by atoms with Crippen molar-refractivity contribution >= 4 is 28.9 Å². The number of anilines is 2. The summed E-state index contributed by atoms with van der Waals surface area (Å²) < 4.78 is 0. The summed E-state index contributed by atoms with van der Waals surface area (Å²) in [6.45, 7) is 4.19. The number of nitriles is 1. The molecule has 0 unspecified atom stereocenters. The Labute approximate surface area is 134 Å². The van der Waals surface area contributed by atoms with E-state index in [9.17, 15) is 4.79 Å². The molecule has 22 heavy (non-hydrogen) atoms. The number of carbonyl (C=O) groups is 1. The van der Waals surface area contributed by atoms with Gasteiger partial charge in [0.25, 0.3) is 0 Å². The summed E-state index contributed by atoms with van der Waals surface area (Å²) in [7, 11) is 0. The number of benzene rings is 2. The summed E-state index contributed by atoms with van der Waals surface area (Å²) in [5.41, 5.74) is 4.18. The number of nitrogens with one attached hydrogen (secondary N) is 2. The van der Waals surface area contributed by atoms with Crippen molar-refractivity contribution in [1.82, 2.24) is 0 Å². The summed E-state index contributed by atoms with van der Waals surface area (Å²) in [6.07, 6.45) is 0. The molecule has 0 bridgehead atoms. The van der Waals surface area contributed by atoms with Crippen LogP contribution in [-0.2, 0) is 4.79 Å². The Morgan fingerprint density at radius 2 is 2.05 bits per heavy atom. The molecule has 0 aliphatic rings. The van der Waals surface area contributed by atoms with E-state index in [2.05, 4.69) is 10.6 Å². The van der Waals surface area contributed by atoms with E-state index in [1.807, 2.05) is 38.1 Å². The van der Waals surface area contributed by atoms with Crippen molar-refractivity contribution in [2.75, 3.05) is 17.2 Å². The molecule has 0 radical (unpaired) electrons. The highest BCUT2D eigenvalue weighted by molar-refractivity contribution is 6.32. The molecular weight excluding hydrogens is 298 g/mol. The highest BCUT2D eigenvalue weighted by Gasteiger charge is 2.06. The molecule has 0 atom stereocenters. The van der Waals surface area contributed by atoms with Gasteiger partial charge in [-0.25, -0.2) is 0 Å². The molecule has 0 fully saturated rings. The Kier molecular flexibility index (Phi) is 5.03. The Morgan fingerprint density at radius 1 is 1.27 bits per heavy atom. The minimum absolute atomic E-state index is 0.155. The topological polar surface area (TPSA) is 64.9 Å². The zero-order chi connectivity index (χ0) is 16.1. The molecule has 1 amide bonds. The Balaban J connectivity index is 1.97. The predicted molar refractivity (Wildman–Crippen MR) is 89.2 cm³/mol. The van der Waals surface area contributed by atoms with Crippen molar-refractivity contribution in [2.24, 2.45) is 0 Å². The lowest BCUT2D eigenvalue weighted by atomic mass is 10.1. The predicted octanol–water partition coefficient (Wildman–Crippen LogP) is 3.88. The van der Waals surface area contributed by atoms with Crippen LogP contribution in [0.3, 0.4) is 0 Å². The maximum absolute atomic E-state index is 12.0. The molecule has 2 aromatic rings. The van der Waals surface area contributed by atoms with Crippen LogP contribution in [0.1, 0.15) is 16.7 Å². The van der Waals surface area contributed by atoms with Gasteiger partial charge in [0, 0.05) is 11.4 Å². The van der Waals surface area contributed by atoms with Crippen LogP contribution in [0, 0.1) is 25.2 Å². The van der Waals surface area contributed by atoms with Crippen LogP contribution in [0.5, 0.6) is 0 Å². The number of hydrogen-bond acceptors (Lipinski definition) is 3. The zero-order valence-electron chi connectivity index (χ0n) is 12.4. The molecule has 0 aliphatic heterocycles. The molecular formula is C17H16ClN3O. The lowest BCUT2D eigenvalue weighted by molar-refractivity contribution is -0.114. The maximum Gasteiger partial charge on any atom is 0.243 e. The lowest BCUT2D eigenvalue weighted by Gasteiger charge is -2.12. The number of hydrogen-bond donors (Lipinski definition) is 2. The first-order chi connectivity index (χ1) is 10.5. The monoisotopic (exact) mass is 313 g/mol. The quantitative estimate of drug-likeness (QED) is 0.900. The first-order valence-corrected chi connectivity index (χ1v) is 7.18. The van der Waals surface area contributed by atoms with Crippen LogP contribution in [0.25, 0.3) is 0 Å². The van der Waals surface area contributed by atoms with Gasteiger partial charge in [-0.1, -0.05) is 23.7 Å². The third-order valence-electron chi connectivity index (χ3n) is 3.42. The van der Waals surface area contributed by atoms with Crippen molar-refractivity contribution in [1.29, 1.82) is 5.26 Å². The van der Waals surface area contributed by atoms with Crippen LogP contribution in [-0.4, -0.2) is 12.5 Å². The first-order valence-electron chi connectivity index (χ1n) is 6.81. The minimum Gasteiger partial charge on any atom is -0.376 e. The molecule has 0 saturated carbocycles. The average Bonchev–Trinajstić information content (AvgIpc) is 2.49. The molecule has 4 nitrogen and oxygen atoms in total. The summed E-state index contributed by atoms with van der Waals surface area (Å²) in [5.74, 6) is -0.179. The molecule has 112 valence electrons. The van der Waals surface area contributed by atoms with Gasteiger partial charge in [0.05, 0.1) is 17.1 Å². The van der Waals surface area contributed by atoms with Crippen molar-refractivity contribution in [3.63, 3.8) is 0 Å². The number of carbonyl (C=O) groups excluding carboxylic acids is 1. The number of amides is 1. The fourth-order valence-electron chi connectivity index (χ4n) is 2.01. The van der Waals surface area contributed by atoms with Crippen LogP contribution < -0.4 is 10.6 Å². The minimum atomic E-state index is -0.179. The molecule has 2 rings (SSSR count). The van der Waals surface area contributed by atoms with E-state index >= 15 is 0 Å². The Hall–Kier alpha value is -2.51. The summed E-state index contributed by atoms with van der Waals surface area (Å²) in [5, 5.41) is 15.0. The van der Waals surface area contributed by atoms with E-state index in [4.69, 9.17) is 16.9 Å². The SMILES string of the molecule is Cc1cccc(NCC(=O)Nc2ccc(C#N)c(Cl)c2)c1C. The van der Waals surface area contributed by atoms with E-state index in [1.54, 1.807) is 18.2 Å². The van der Waals surface area contributed by atoms with Gasteiger partial charge in [-0.15, -0.1) is 0 Å². The molecule has 0 aliphatic carbocycles. The van der Waals surface area contributed by atoms with Gasteiger partial charge in [-0.3, -0.25) is 4.79 Å². The molecule has 0 spiro atoms. The molecule has 2 N–H and O–H groups in total. The van der Waals surface area contributed by atoms with Gasteiger partial charge >= 0.3 is 0 Å². The van der Waals surface area contributed by atoms with E-state index in [-0.39, 0.29) is 12.5 Å². The van der Waals surface area contributed by atoms with Crippen LogP contribution in [0.15, 0.2) is 36.4 Å². The van der Waals surface area contributed by atoms with Gasteiger partial charge < -0.3 is 10.6 Å². The van der Waals surface area contributed by atoms with Gasteiger partial charge in [-0.2, -0.15) is 5.26 Å². The summed E-state index contributed by atoms with van der Waals surface area (Å²) >= 11 is 5.93. The van der Waals surface area contributed by atoms with Gasteiger partial charge in [0.15, 0.2) is 0 Å². The Bertz CT molecular complexity index is 750. The largest absolute Gasteiger partial charge is 0.376 e. The average molecular weight is 314 g/mol. The second-order valence-electron chi connectivity index (χ2n) is 4.96. The van der Waals surface area contributed by atoms with Crippen LogP contribution in [0.4, 0.5) is 11.4 Å². The number of aryl methyl sites for hydroxylation is 1. The van der Waals surface area contributed by atoms with Crippen molar-refractivity contribution in [2.45, 2.75) is 13.8 Å². The number of nitrogens with zero attached hydrogens (tertiary/aromatic N) is 1. The number of rotatable bonds is 4. The smallest absolute Gasteiger partial charge is 0.243 e. The van der Waals surface area contributed by atoms with Gasteiger partial charge in [0.1, 0.15) is 6.07 Å². The van der Waals surface area contributed by atoms with E-state index in [0.29, 0.717) is 16.3 Å². The van der Waals surface area contributed by atoms with Crippen molar-refractivity contribution in [3.8, 4) is 6.07 Å². The second-order valence-corrected chi connectivity index (χ2v) is 5.36. The first kappa shape index (κ1) is 15.9. The van der Waals surface area contributed by atoms with Gasteiger partial charge in [0.2, 0.25) is 5.91 Å². The fraction of sp³-hybridized carbons (Fsp3) is 0.176. The Morgan fingerprint density at radius 3 is 2.73 bits per heavy atom. The fourth-order valence-corrected chi connectivity index (χ4v) is 2.23. The van der Waals surface area contributed by atoms with Crippen LogP contribution in [0.2, 0.25) is 5.02 Å². The lowest BCUT2D eigenvalue weighted by Crippen LogP contribution is -2.22.